The summed E-state index contributed by atoms with van der Waals surface area (Å²) in [5, 5.41) is 18.5. The molecule has 2 N–H and O–H groups in total. The van der Waals surface area contributed by atoms with Crippen LogP contribution in [0.2, 0.25) is 0 Å². The number of rotatable bonds is 5. The smallest absolute Gasteiger partial charge is 0.265 e. The standard InChI is InChI=1S/C30H26FN5O2S/c1-18-7-5-9-21(31)27(18)34-29(37)26-17-19-14-16-36(24-12-4-3-8-20(24)28(19)39-26)30(38)23-11-6-10-22(33-23)25-13-15-32-35(25)2/h3-13,15,17,30,38H,14,16H2,1-2H3,(H,34,37). The first-order valence-electron chi connectivity index (χ1n) is 12.6. The van der Waals surface area contributed by atoms with Crippen LogP contribution >= 0.6 is 11.3 Å². The van der Waals surface area contributed by atoms with Gasteiger partial charge in [-0.3, -0.25) is 9.48 Å². The van der Waals surface area contributed by atoms with Gasteiger partial charge < -0.3 is 15.3 Å². The minimum atomic E-state index is -0.972. The molecule has 1 amide bonds. The zero-order chi connectivity index (χ0) is 27.1. The highest BCUT2D eigenvalue weighted by Gasteiger charge is 2.28. The van der Waals surface area contributed by atoms with Crippen LogP contribution in [0.25, 0.3) is 21.8 Å². The number of fused-ring (bicyclic) bond motifs is 3. The summed E-state index contributed by atoms with van der Waals surface area (Å²) in [6, 6.07) is 21.9. The second-order valence-corrected chi connectivity index (χ2v) is 10.5. The van der Waals surface area contributed by atoms with E-state index in [4.69, 9.17) is 4.98 Å². The van der Waals surface area contributed by atoms with Crippen molar-refractivity contribution in [3.05, 3.63) is 107 Å². The minimum absolute atomic E-state index is 0.196. The molecule has 0 aliphatic carbocycles. The van der Waals surface area contributed by atoms with Gasteiger partial charge in [-0.1, -0.05) is 36.4 Å². The molecule has 0 saturated carbocycles. The van der Waals surface area contributed by atoms with E-state index in [0.29, 0.717) is 29.1 Å². The number of nitrogens with zero attached hydrogens (tertiary/aromatic N) is 4. The lowest BCUT2D eigenvalue weighted by atomic mass is 10.1. The first-order chi connectivity index (χ1) is 18.9. The van der Waals surface area contributed by atoms with Crippen molar-refractivity contribution < 1.29 is 14.3 Å². The number of amides is 1. The lowest BCUT2D eigenvalue weighted by Crippen LogP contribution is -2.31. The Morgan fingerprint density at radius 2 is 1.92 bits per heavy atom. The lowest BCUT2D eigenvalue weighted by Gasteiger charge is -2.30. The van der Waals surface area contributed by atoms with Crippen LogP contribution in [0.3, 0.4) is 0 Å². The van der Waals surface area contributed by atoms with Gasteiger partial charge in [0.25, 0.3) is 5.91 Å². The molecule has 0 bridgehead atoms. The van der Waals surface area contributed by atoms with Gasteiger partial charge in [-0.25, -0.2) is 9.37 Å². The molecule has 5 aromatic rings. The van der Waals surface area contributed by atoms with Crippen LogP contribution in [-0.2, 0) is 13.5 Å². The molecule has 2 aromatic carbocycles. The second kappa shape index (κ2) is 10.1. The SMILES string of the molecule is Cc1cccc(F)c1NC(=O)c1cc2c(s1)-c1ccccc1N(C(O)c1cccc(-c3ccnn3C)n1)CC2. The van der Waals surface area contributed by atoms with Crippen LogP contribution in [0, 0.1) is 12.7 Å². The molecule has 1 aliphatic heterocycles. The van der Waals surface area contributed by atoms with Gasteiger partial charge in [0, 0.05) is 35.9 Å². The van der Waals surface area contributed by atoms with Crippen molar-refractivity contribution in [3.63, 3.8) is 0 Å². The van der Waals surface area contributed by atoms with Gasteiger partial charge in [-0.15, -0.1) is 11.3 Å². The highest BCUT2D eigenvalue weighted by molar-refractivity contribution is 7.17. The number of carbonyl (C=O) groups is 1. The average molecular weight is 540 g/mol. The van der Waals surface area contributed by atoms with Gasteiger partial charge in [0.15, 0.2) is 6.23 Å². The van der Waals surface area contributed by atoms with Crippen molar-refractivity contribution in [3.8, 4) is 21.8 Å². The molecular weight excluding hydrogens is 513 g/mol. The molecule has 1 aliphatic rings. The Morgan fingerprint density at radius 3 is 2.72 bits per heavy atom. The Balaban J connectivity index is 1.32. The van der Waals surface area contributed by atoms with Gasteiger partial charge in [-0.2, -0.15) is 5.10 Å². The number of anilines is 2. The van der Waals surface area contributed by atoms with Gasteiger partial charge in [-0.05, 0) is 60.9 Å². The number of aliphatic hydroxyl groups is 1. The highest BCUT2D eigenvalue weighted by Crippen LogP contribution is 2.43. The largest absolute Gasteiger partial charge is 0.368 e. The van der Waals surface area contributed by atoms with Gasteiger partial charge >= 0.3 is 0 Å². The number of hydrogen-bond acceptors (Lipinski definition) is 6. The minimum Gasteiger partial charge on any atom is -0.368 e. The number of aromatic nitrogens is 3. The summed E-state index contributed by atoms with van der Waals surface area (Å²) in [6.45, 7) is 2.28. The topological polar surface area (TPSA) is 83.3 Å². The maximum atomic E-state index is 14.3. The summed E-state index contributed by atoms with van der Waals surface area (Å²) in [4.78, 5) is 21.3. The van der Waals surface area contributed by atoms with E-state index >= 15 is 0 Å². The van der Waals surface area contributed by atoms with Crippen molar-refractivity contribution >= 4 is 28.6 Å². The molecule has 1 unspecified atom stereocenters. The molecule has 0 radical (unpaired) electrons. The Morgan fingerprint density at radius 1 is 1.10 bits per heavy atom. The third-order valence-electron chi connectivity index (χ3n) is 6.99. The first-order valence-corrected chi connectivity index (χ1v) is 13.4. The first kappa shape index (κ1) is 25.0. The normalized spacial score (nSPS) is 13.4. The van der Waals surface area contributed by atoms with Crippen molar-refractivity contribution in [2.24, 2.45) is 7.05 Å². The quantitative estimate of drug-likeness (QED) is 0.288. The van der Waals surface area contributed by atoms with Crippen LogP contribution < -0.4 is 10.2 Å². The van der Waals surface area contributed by atoms with Crippen LogP contribution in [0.15, 0.2) is 79.0 Å². The lowest BCUT2D eigenvalue weighted by molar-refractivity contribution is 0.103. The Kier molecular flexibility index (Phi) is 6.46. The van der Waals surface area contributed by atoms with Crippen LogP contribution in [0.1, 0.15) is 32.7 Å². The van der Waals surface area contributed by atoms with E-state index in [1.807, 2.05) is 66.5 Å². The molecule has 7 nitrogen and oxygen atoms in total. The van der Waals surface area contributed by atoms with E-state index in [0.717, 1.165) is 33.1 Å². The maximum absolute atomic E-state index is 14.3. The van der Waals surface area contributed by atoms with Crippen molar-refractivity contribution in [2.45, 2.75) is 19.6 Å². The Labute approximate surface area is 229 Å². The summed E-state index contributed by atoms with van der Waals surface area (Å²) in [7, 11) is 1.86. The predicted molar refractivity (Wildman–Crippen MR) is 151 cm³/mol. The molecule has 9 heteroatoms. The molecule has 4 heterocycles. The van der Waals surface area contributed by atoms with E-state index < -0.39 is 12.0 Å². The number of thiophene rings is 1. The molecule has 0 fully saturated rings. The fourth-order valence-corrected chi connectivity index (χ4v) is 6.11. The molecule has 6 rings (SSSR count). The number of carbonyl (C=O) groups excluding carboxylic acids is 1. The van der Waals surface area contributed by atoms with Crippen molar-refractivity contribution in [1.82, 2.24) is 14.8 Å². The molecule has 1 atom stereocenters. The molecule has 0 saturated heterocycles. The number of pyridine rings is 1. The highest BCUT2D eigenvalue weighted by atomic mass is 32.1. The fourth-order valence-electron chi connectivity index (χ4n) is 4.97. The molecular formula is C30H26FN5O2S. The number of nitrogens with one attached hydrogen (secondary N) is 1. The predicted octanol–water partition coefficient (Wildman–Crippen LogP) is 5.96. The summed E-state index contributed by atoms with van der Waals surface area (Å²) in [5.41, 5.74) is 5.78. The number of hydrogen-bond donors (Lipinski definition) is 2. The molecule has 3 aromatic heterocycles. The average Bonchev–Trinajstić information content (AvgIpc) is 3.54. The van der Waals surface area contributed by atoms with Gasteiger partial charge in [0.05, 0.1) is 27.6 Å². The van der Waals surface area contributed by atoms with Crippen LogP contribution in [0.5, 0.6) is 0 Å². The van der Waals surface area contributed by atoms with Crippen LogP contribution in [-0.4, -0.2) is 32.3 Å². The number of aryl methyl sites for hydroxylation is 2. The summed E-state index contributed by atoms with van der Waals surface area (Å²) >= 11 is 1.37. The van der Waals surface area contributed by atoms with Crippen molar-refractivity contribution in [2.75, 3.05) is 16.8 Å². The van der Waals surface area contributed by atoms with E-state index in [1.54, 1.807) is 29.9 Å². The number of para-hydroxylation sites is 2. The van der Waals surface area contributed by atoms with E-state index in [-0.39, 0.29) is 11.6 Å². The molecule has 39 heavy (non-hydrogen) atoms. The van der Waals surface area contributed by atoms with Crippen LogP contribution in [0.4, 0.5) is 15.8 Å². The number of aliphatic hydroxyl groups excluding tert-OH is 1. The third-order valence-corrected chi connectivity index (χ3v) is 8.20. The zero-order valence-electron chi connectivity index (χ0n) is 21.4. The number of halogens is 1. The third kappa shape index (κ3) is 4.60. The zero-order valence-corrected chi connectivity index (χ0v) is 22.2. The van der Waals surface area contributed by atoms with Gasteiger partial charge in [0.2, 0.25) is 0 Å². The van der Waals surface area contributed by atoms with Gasteiger partial charge in [0.1, 0.15) is 5.82 Å². The Bertz CT molecular complexity index is 1670. The van der Waals surface area contributed by atoms with E-state index in [1.165, 1.54) is 17.4 Å². The maximum Gasteiger partial charge on any atom is 0.265 e. The summed E-state index contributed by atoms with van der Waals surface area (Å²) in [6.07, 6.45) is 1.36. The summed E-state index contributed by atoms with van der Waals surface area (Å²) in [5.74, 6) is -0.802. The van der Waals surface area contributed by atoms with E-state index in [2.05, 4.69) is 10.4 Å². The monoisotopic (exact) mass is 539 g/mol. The molecule has 0 spiro atoms. The van der Waals surface area contributed by atoms with Crippen molar-refractivity contribution in [1.29, 1.82) is 0 Å². The fraction of sp³-hybridized carbons (Fsp3) is 0.167. The Hall–Kier alpha value is -4.34. The number of benzene rings is 2. The molecule has 196 valence electrons. The van der Waals surface area contributed by atoms with E-state index in [9.17, 15) is 14.3 Å². The summed E-state index contributed by atoms with van der Waals surface area (Å²) < 4.78 is 16.1. The second-order valence-electron chi connectivity index (χ2n) is 9.47.